The first kappa shape index (κ1) is 15.3. The summed E-state index contributed by atoms with van der Waals surface area (Å²) in [5, 5.41) is 10.8. The van der Waals surface area contributed by atoms with Crippen molar-refractivity contribution in [3.63, 3.8) is 0 Å². The zero-order valence-electron chi connectivity index (χ0n) is 12.4. The first-order chi connectivity index (χ1) is 9.76. The number of nitro benzene ring substituents is 1. The van der Waals surface area contributed by atoms with Crippen molar-refractivity contribution >= 4 is 11.7 Å². The molecular weight excluding hydrogens is 274 g/mol. The molecule has 0 aliphatic heterocycles. The van der Waals surface area contributed by atoms with Gasteiger partial charge in [0.1, 0.15) is 16.9 Å². The first-order valence-corrected chi connectivity index (χ1v) is 6.91. The minimum absolute atomic E-state index is 0.104. The lowest BCUT2D eigenvalue weighted by molar-refractivity contribution is -0.384. The molecular formula is C15H19NO5. The maximum Gasteiger partial charge on any atom is 0.342 e. The number of rotatable bonds is 5. The number of benzene rings is 1. The summed E-state index contributed by atoms with van der Waals surface area (Å²) in [5.41, 5.74) is -0.517. The number of hydrogen-bond acceptors (Lipinski definition) is 5. The largest absolute Gasteiger partial charge is 0.492 e. The maximum absolute atomic E-state index is 12.2. The van der Waals surface area contributed by atoms with Gasteiger partial charge in [0.05, 0.1) is 17.6 Å². The van der Waals surface area contributed by atoms with Gasteiger partial charge in [0.25, 0.3) is 5.69 Å². The van der Waals surface area contributed by atoms with Crippen LogP contribution < -0.4 is 4.74 Å². The van der Waals surface area contributed by atoms with Crippen molar-refractivity contribution in [2.45, 2.75) is 39.2 Å². The van der Waals surface area contributed by atoms with Gasteiger partial charge in [0.15, 0.2) is 0 Å². The molecule has 114 valence electrons. The third-order valence-electron chi connectivity index (χ3n) is 2.97. The monoisotopic (exact) mass is 293 g/mol. The van der Waals surface area contributed by atoms with E-state index in [2.05, 4.69) is 0 Å². The van der Waals surface area contributed by atoms with Crippen LogP contribution >= 0.6 is 0 Å². The van der Waals surface area contributed by atoms with Crippen LogP contribution in [0.5, 0.6) is 5.75 Å². The highest BCUT2D eigenvalue weighted by Crippen LogP contribution is 2.32. The molecule has 1 aromatic carbocycles. The fraction of sp³-hybridized carbons (Fsp3) is 0.533. The molecule has 0 amide bonds. The van der Waals surface area contributed by atoms with Crippen LogP contribution in [0.1, 0.15) is 44.0 Å². The van der Waals surface area contributed by atoms with Crippen molar-refractivity contribution in [2.75, 3.05) is 6.61 Å². The average Bonchev–Trinajstić information content (AvgIpc) is 3.17. The Hall–Kier alpha value is -2.11. The predicted molar refractivity (Wildman–Crippen MR) is 76.5 cm³/mol. The van der Waals surface area contributed by atoms with Crippen LogP contribution in [0.3, 0.4) is 0 Å². The summed E-state index contributed by atoms with van der Waals surface area (Å²) in [6.45, 7) is 5.76. The lowest BCUT2D eigenvalue weighted by Gasteiger charge is -2.20. The van der Waals surface area contributed by atoms with Crippen molar-refractivity contribution in [1.82, 2.24) is 0 Å². The molecule has 0 spiro atoms. The van der Waals surface area contributed by atoms with Crippen molar-refractivity contribution < 1.29 is 19.2 Å². The Balaban J connectivity index is 2.24. The summed E-state index contributed by atoms with van der Waals surface area (Å²) in [4.78, 5) is 22.5. The van der Waals surface area contributed by atoms with E-state index in [1.807, 2.05) is 0 Å². The quantitative estimate of drug-likeness (QED) is 0.472. The Bertz CT molecular complexity index is 558. The van der Waals surface area contributed by atoms with E-state index in [0.717, 1.165) is 12.8 Å². The summed E-state index contributed by atoms with van der Waals surface area (Å²) >= 11 is 0. The molecule has 6 nitrogen and oxygen atoms in total. The smallest absolute Gasteiger partial charge is 0.342 e. The molecule has 1 aliphatic carbocycles. The Kier molecular flexibility index (Phi) is 4.16. The van der Waals surface area contributed by atoms with Crippen LogP contribution in [0.25, 0.3) is 0 Å². The second-order valence-electron chi connectivity index (χ2n) is 6.19. The van der Waals surface area contributed by atoms with Crippen LogP contribution in [-0.4, -0.2) is 23.1 Å². The number of nitrogens with zero attached hydrogens (tertiary/aromatic N) is 1. The van der Waals surface area contributed by atoms with E-state index in [4.69, 9.17) is 9.47 Å². The molecule has 0 aromatic heterocycles. The molecule has 21 heavy (non-hydrogen) atoms. The van der Waals surface area contributed by atoms with Crippen LogP contribution in [-0.2, 0) is 4.74 Å². The normalized spacial score (nSPS) is 14.6. The zero-order chi connectivity index (χ0) is 15.6. The Morgan fingerprint density at radius 3 is 2.57 bits per heavy atom. The highest BCUT2D eigenvalue weighted by atomic mass is 16.6. The standard InChI is InChI=1S/C15H19NO5/c1-15(2,3)21-14(17)12-7-6-11(16(18)19)8-13(12)20-9-10-4-5-10/h6-8,10H,4-5,9H2,1-3H3. The van der Waals surface area contributed by atoms with E-state index in [1.165, 1.54) is 18.2 Å². The van der Waals surface area contributed by atoms with Crippen LogP contribution in [0, 0.1) is 16.0 Å². The van der Waals surface area contributed by atoms with Gasteiger partial charge in [0.2, 0.25) is 0 Å². The van der Waals surface area contributed by atoms with Gasteiger partial charge in [0, 0.05) is 6.07 Å². The fourth-order valence-electron chi connectivity index (χ4n) is 1.74. The molecule has 0 unspecified atom stereocenters. The summed E-state index contributed by atoms with van der Waals surface area (Å²) in [6.07, 6.45) is 2.19. The minimum Gasteiger partial charge on any atom is -0.492 e. The Morgan fingerprint density at radius 2 is 2.05 bits per heavy atom. The number of non-ortho nitro benzene ring substituents is 1. The highest BCUT2D eigenvalue weighted by molar-refractivity contribution is 5.93. The van der Waals surface area contributed by atoms with E-state index in [9.17, 15) is 14.9 Å². The maximum atomic E-state index is 12.2. The number of ether oxygens (including phenoxy) is 2. The van der Waals surface area contributed by atoms with E-state index in [-0.39, 0.29) is 17.0 Å². The van der Waals surface area contributed by atoms with Crippen LogP contribution in [0.4, 0.5) is 5.69 Å². The van der Waals surface area contributed by atoms with Gasteiger partial charge in [-0.25, -0.2) is 4.79 Å². The van der Waals surface area contributed by atoms with E-state index < -0.39 is 16.5 Å². The first-order valence-electron chi connectivity index (χ1n) is 6.91. The Labute approximate surface area is 123 Å². The van der Waals surface area contributed by atoms with E-state index in [0.29, 0.717) is 12.5 Å². The zero-order valence-corrected chi connectivity index (χ0v) is 12.4. The van der Waals surface area contributed by atoms with Crippen molar-refractivity contribution in [3.8, 4) is 5.75 Å². The Morgan fingerprint density at radius 1 is 1.38 bits per heavy atom. The summed E-state index contributed by atoms with van der Waals surface area (Å²) in [6, 6.07) is 3.94. The molecule has 0 atom stereocenters. The predicted octanol–water partition coefficient (Wildman–Crippen LogP) is 3.34. The fourth-order valence-corrected chi connectivity index (χ4v) is 1.74. The summed E-state index contributed by atoms with van der Waals surface area (Å²) < 4.78 is 10.9. The topological polar surface area (TPSA) is 78.7 Å². The minimum atomic E-state index is -0.632. The molecule has 0 N–H and O–H groups in total. The third-order valence-corrected chi connectivity index (χ3v) is 2.97. The molecule has 1 fully saturated rings. The average molecular weight is 293 g/mol. The summed E-state index contributed by atoms with van der Waals surface area (Å²) in [5.74, 6) is 0.157. The van der Waals surface area contributed by atoms with Gasteiger partial charge in [-0.05, 0) is 45.6 Å². The molecule has 2 rings (SSSR count). The number of esters is 1. The number of carbonyl (C=O) groups is 1. The van der Waals surface area contributed by atoms with Gasteiger partial charge in [-0.1, -0.05) is 0 Å². The van der Waals surface area contributed by atoms with Crippen LogP contribution in [0.2, 0.25) is 0 Å². The molecule has 6 heteroatoms. The molecule has 0 heterocycles. The third kappa shape index (κ3) is 4.44. The lowest BCUT2D eigenvalue weighted by Crippen LogP contribution is -2.24. The number of nitro groups is 1. The second kappa shape index (κ2) is 5.71. The highest BCUT2D eigenvalue weighted by Gasteiger charge is 2.26. The second-order valence-corrected chi connectivity index (χ2v) is 6.19. The van der Waals surface area contributed by atoms with E-state index >= 15 is 0 Å². The number of hydrogen-bond donors (Lipinski definition) is 0. The van der Waals surface area contributed by atoms with Crippen LogP contribution in [0.15, 0.2) is 18.2 Å². The van der Waals surface area contributed by atoms with Gasteiger partial charge in [-0.2, -0.15) is 0 Å². The lowest BCUT2D eigenvalue weighted by atomic mass is 10.1. The molecule has 1 aromatic rings. The molecule has 1 saturated carbocycles. The van der Waals surface area contributed by atoms with Gasteiger partial charge in [-0.15, -0.1) is 0 Å². The van der Waals surface area contributed by atoms with E-state index in [1.54, 1.807) is 20.8 Å². The summed E-state index contributed by atoms with van der Waals surface area (Å²) in [7, 11) is 0. The molecule has 0 radical (unpaired) electrons. The van der Waals surface area contributed by atoms with Gasteiger partial charge >= 0.3 is 5.97 Å². The van der Waals surface area contributed by atoms with Gasteiger partial charge < -0.3 is 9.47 Å². The molecule has 0 bridgehead atoms. The van der Waals surface area contributed by atoms with Crippen molar-refractivity contribution in [3.05, 3.63) is 33.9 Å². The number of carbonyl (C=O) groups excluding carboxylic acids is 1. The molecule has 0 saturated heterocycles. The van der Waals surface area contributed by atoms with Crippen molar-refractivity contribution in [1.29, 1.82) is 0 Å². The van der Waals surface area contributed by atoms with Gasteiger partial charge in [-0.3, -0.25) is 10.1 Å². The molecule has 1 aliphatic rings. The SMILES string of the molecule is CC(C)(C)OC(=O)c1ccc([N+](=O)[O-])cc1OCC1CC1. The van der Waals surface area contributed by atoms with Crippen molar-refractivity contribution in [2.24, 2.45) is 5.92 Å².